The highest BCUT2D eigenvalue weighted by Crippen LogP contribution is 2.53. The van der Waals surface area contributed by atoms with Crippen LogP contribution in [0.1, 0.15) is 51.7 Å². The van der Waals surface area contributed by atoms with Crippen LogP contribution in [0.25, 0.3) is 0 Å². The second-order valence-corrected chi connectivity index (χ2v) is 6.22. The van der Waals surface area contributed by atoms with Crippen molar-refractivity contribution in [1.82, 2.24) is 0 Å². The van der Waals surface area contributed by atoms with Crippen LogP contribution in [0.4, 0.5) is 0 Å². The first-order valence-electron chi connectivity index (χ1n) is 7.41. The first-order chi connectivity index (χ1) is 10.4. The maximum Gasteiger partial charge on any atom is 0.339 e. The molecule has 0 unspecified atom stereocenters. The molecule has 0 aliphatic carbocycles. The lowest BCUT2D eigenvalue weighted by atomic mass is 9.88. The fourth-order valence-corrected chi connectivity index (χ4v) is 3.49. The van der Waals surface area contributed by atoms with Crippen molar-refractivity contribution in [1.29, 1.82) is 0 Å². The molecule has 1 aliphatic rings. The molecule has 22 heavy (non-hydrogen) atoms. The summed E-state index contributed by atoms with van der Waals surface area (Å²) in [7, 11) is 0. The first kappa shape index (κ1) is 17.5. The van der Waals surface area contributed by atoms with Crippen molar-refractivity contribution in [2.45, 2.75) is 57.5 Å². The predicted molar refractivity (Wildman–Crippen MR) is 85.3 cm³/mol. The van der Waals surface area contributed by atoms with Crippen molar-refractivity contribution in [2.24, 2.45) is 0 Å². The van der Waals surface area contributed by atoms with Crippen molar-refractivity contribution in [3.8, 4) is 0 Å². The van der Waals surface area contributed by atoms with E-state index in [4.69, 9.17) is 32.7 Å². The number of carboxylic acids is 1. The number of benzene rings is 1. The highest BCUT2D eigenvalue weighted by atomic mass is 35.5. The largest absolute Gasteiger partial charge is 0.479 e. The minimum Gasteiger partial charge on any atom is -0.479 e. The number of carboxylic acid groups (broad SMARTS) is 1. The minimum atomic E-state index is -1.50. The molecule has 1 aromatic rings. The molecule has 2 rings (SSSR count). The molecule has 0 aromatic heterocycles. The topological polar surface area (TPSA) is 55.8 Å². The molecule has 1 aliphatic heterocycles. The van der Waals surface area contributed by atoms with Crippen molar-refractivity contribution in [3.05, 3.63) is 33.8 Å². The Hall–Kier alpha value is -0.810. The van der Waals surface area contributed by atoms with Gasteiger partial charge in [0.2, 0.25) is 0 Å². The number of rotatable bonds is 5. The Balaban J connectivity index is 2.62. The standard InChI is InChI=1S/C16H20Cl2O4/c1-4-15(5-2)21-13(16(6-3,22-15)14(19)20)12-10(17)8-7-9-11(12)18/h7-9,13H,4-6H2,1-3H3,(H,19,20)/t13-,16+/m1/s1. The number of ether oxygens (including phenoxy) is 2. The summed E-state index contributed by atoms with van der Waals surface area (Å²) in [6.07, 6.45) is 0.473. The summed E-state index contributed by atoms with van der Waals surface area (Å²) in [4.78, 5) is 12.0. The van der Waals surface area contributed by atoms with Crippen molar-refractivity contribution in [2.75, 3.05) is 0 Å². The predicted octanol–water partition coefficient (Wildman–Crippen LogP) is 4.83. The van der Waals surface area contributed by atoms with Gasteiger partial charge in [0, 0.05) is 15.6 Å². The third kappa shape index (κ3) is 2.62. The lowest BCUT2D eigenvalue weighted by Crippen LogP contribution is -2.44. The summed E-state index contributed by atoms with van der Waals surface area (Å²) < 4.78 is 12.1. The zero-order chi connectivity index (χ0) is 16.5. The molecule has 0 bridgehead atoms. The van der Waals surface area contributed by atoms with Gasteiger partial charge in [0.1, 0.15) is 6.10 Å². The van der Waals surface area contributed by atoms with Crippen molar-refractivity contribution < 1.29 is 19.4 Å². The van der Waals surface area contributed by atoms with Crippen molar-refractivity contribution in [3.63, 3.8) is 0 Å². The van der Waals surface area contributed by atoms with Crippen LogP contribution in [0.5, 0.6) is 0 Å². The van der Waals surface area contributed by atoms with Crippen LogP contribution in [0.3, 0.4) is 0 Å². The molecule has 1 N–H and O–H groups in total. The van der Waals surface area contributed by atoms with Gasteiger partial charge in [-0.15, -0.1) is 0 Å². The molecule has 1 aromatic carbocycles. The number of hydrogen-bond acceptors (Lipinski definition) is 3. The Morgan fingerprint density at radius 1 is 1.18 bits per heavy atom. The van der Waals surface area contributed by atoms with E-state index in [1.807, 2.05) is 13.8 Å². The van der Waals surface area contributed by atoms with Gasteiger partial charge >= 0.3 is 5.97 Å². The second-order valence-electron chi connectivity index (χ2n) is 5.40. The molecule has 4 nitrogen and oxygen atoms in total. The number of aliphatic carboxylic acids is 1. The fourth-order valence-electron chi connectivity index (χ4n) is 2.90. The lowest BCUT2D eigenvalue weighted by molar-refractivity contribution is -0.203. The van der Waals surface area contributed by atoms with E-state index in [1.54, 1.807) is 25.1 Å². The van der Waals surface area contributed by atoms with E-state index in [-0.39, 0.29) is 6.42 Å². The minimum absolute atomic E-state index is 0.246. The summed E-state index contributed by atoms with van der Waals surface area (Å²) >= 11 is 12.5. The molecular formula is C16H20Cl2O4. The van der Waals surface area contributed by atoms with Gasteiger partial charge in [-0.3, -0.25) is 0 Å². The average Bonchev–Trinajstić information content (AvgIpc) is 2.84. The van der Waals surface area contributed by atoms with Crippen LogP contribution in [0.15, 0.2) is 18.2 Å². The van der Waals surface area contributed by atoms with Gasteiger partial charge < -0.3 is 14.6 Å². The van der Waals surface area contributed by atoms with Crippen LogP contribution in [-0.4, -0.2) is 22.5 Å². The lowest BCUT2D eigenvalue weighted by Gasteiger charge is -2.29. The normalized spacial score (nSPS) is 27.0. The molecule has 0 spiro atoms. The van der Waals surface area contributed by atoms with E-state index in [0.29, 0.717) is 28.5 Å². The highest BCUT2D eigenvalue weighted by molar-refractivity contribution is 6.36. The number of halogens is 2. The van der Waals surface area contributed by atoms with Gasteiger partial charge in [-0.25, -0.2) is 4.79 Å². The molecule has 0 saturated carbocycles. The SMILES string of the molecule is CCC1(CC)O[C@H](c2c(Cl)cccc2Cl)[C@@](CC)(C(=O)O)O1. The number of hydrogen-bond donors (Lipinski definition) is 1. The number of carbonyl (C=O) groups is 1. The van der Waals surface area contributed by atoms with Gasteiger partial charge in [-0.2, -0.15) is 0 Å². The van der Waals surface area contributed by atoms with Gasteiger partial charge in [0.25, 0.3) is 0 Å². The Bertz CT molecular complexity index is 551. The summed E-state index contributed by atoms with van der Waals surface area (Å²) in [6, 6.07) is 5.06. The molecule has 1 saturated heterocycles. The van der Waals surface area contributed by atoms with Crippen LogP contribution < -0.4 is 0 Å². The Morgan fingerprint density at radius 2 is 1.73 bits per heavy atom. The quantitative estimate of drug-likeness (QED) is 0.829. The Kier molecular flexibility index (Phi) is 5.07. The molecule has 0 radical (unpaired) electrons. The van der Waals surface area contributed by atoms with Crippen LogP contribution in [0.2, 0.25) is 10.0 Å². The Morgan fingerprint density at radius 3 is 2.14 bits per heavy atom. The molecular weight excluding hydrogens is 327 g/mol. The maximum atomic E-state index is 12.0. The summed E-state index contributed by atoms with van der Waals surface area (Å²) in [5, 5.41) is 10.6. The molecule has 6 heteroatoms. The summed E-state index contributed by atoms with van der Waals surface area (Å²) in [6.45, 7) is 5.57. The van der Waals surface area contributed by atoms with E-state index in [1.165, 1.54) is 0 Å². The van der Waals surface area contributed by atoms with Crippen LogP contribution in [0, 0.1) is 0 Å². The van der Waals surface area contributed by atoms with E-state index < -0.39 is 23.5 Å². The molecule has 2 atom stereocenters. The third-order valence-corrected chi connectivity index (χ3v) is 5.01. The van der Waals surface area contributed by atoms with E-state index in [9.17, 15) is 9.90 Å². The fraction of sp³-hybridized carbons (Fsp3) is 0.562. The zero-order valence-corrected chi connectivity index (χ0v) is 14.4. The van der Waals surface area contributed by atoms with Crippen LogP contribution >= 0.6 is 23.2 Å². The van der Waals surface area contributed by atoms with E-state index in [2.05, 4.69) is 0 Å². The summed E-state index contributed by atoms with van der Waals surface area (Å²) in [5.41, 5.74) is -1.03. The highest BCUT2D eigenvalue weighted by Gasteiger charge is 2.60. The Labute approximate surface area is 140 Å². The third-order valence-electron chi connectivity index (χ3n) is 4.35. The smallest absolute Gasteiger partial charge is 0.339 e. The van der Waals surface area contributed by atoms with Gasteiger partial charge in [0.05, 0.1) is 0 Å². The van der Waals surface area contributed by atoms with Gasteiger partial charge in [0.15, 0.2) is 11.4 Å². The molecule has 0 amide bonds. The maximum absolute atomic E-state index is 12.0. The van der Waals surface area contributed by atoms with E-state index >= 15 is 0 Å². The monoisotopic (exact) mass is 346 g/mol. The average molecular weight is 347 g/mol. The van der Waals surface area contributed by atoms with Gasteiger partial charge in [-0.1, -0.05) is 50.0 Å². The van der Waals surface area contributed by atoms with Crippen molar-refractivity contribution >= 4 is 29.2 Å². The molecule has 122 valence electrons. The van der Waals surface area contributed by atoms with E-state index in [0.717, 1.165) is 0 Å². The van der Waals surface area contributed by atoms with Gasteiger partial charge in [-0.05, 0) is 31.4 Å². The molecule has 1 heterocycles. The summed E-state index contributed by atoms with van der Waals surface area (Å²) in [5.74, 6) is -2.01. The zero-order valence-electron chi connectivity index (χ0n) is 12.9. The first-order valence-corrected chi connectivity index (χ1v) is 8.16. The second kappa shape index (κ2) is 6.36. The molecule has 1 fully saturated rings. The van der Waals surface area contributed by atoms with Crippen LogP contribution in [-0.2, 0) is 14.3 Å².